The van der Waals surface area contributed by atoms with Gasteiger partial charge in [-0.15, -0.1) is 6.58 Å². The second-order valence-corrected chi connectivity index (χ2v) is 9.58. The Balaban J connectivity index is 1.83. The van der Waals surface area contributed by atoms with Crippen molar-refractivity contribution in [3.8, 4) is 11.5 Å². The minimum absolute atomic E-state index is 0.218. The second kappa shape index (κ2) is 9.79. The first-order valence-electron chi connectivity index (χ1n) is 11.7. The second-order valence-electron chi connectivity index (χ2n) is 8.60. The van der Waals surface area contributed by atoms with Crippen molar-refractivity contribution in [2.75, 3.05) is 32.8 Å². The number of nitrogens with zero attached hydrogens (tertiary/aromatic N) is 3. The lowest BCUT2D eigenvalue weighted by Gasteiger charge is -2.25. The van der Waals surface area contributed by atoms with E-state index < -0.39 is 17.6 Å². The third kappa shape index (κ3) is 3.76. The van der Waals surface area contributed by atoms with E-state index in [9.17, 15) is 14.4 Å². The van der Waals surface area contributed by atoms with Crippen LogP contribution < -0.4 is 29.3 Å². The van der Waals surface area contributed by atoms with Crippen LogP contribution in [0.5, 0.6) is 11.5 Å². The van der Waals surface area contributed by atoms with Gasteiger partial charge in [-0.1, -0.05) is 41.7 Å². The Morgan fingerprint density at radius 3 is 2.53 bits per heavy atom. The number of para-hydroxylation sites is 1. The summed E-state index contributed by atoms with van der Waals surface area (Å²) in [4.78, 5) is 47.2. The predicted molar refractivity (Wildman–Crippen MR) is 143 cm³/mol. The van der Waals surface area contributed by atoms with Crippen molar-refractivity contribution >= 4 is 34.5 Å². The first-order valence-corrected chi connectivity index (χ1v) is 12.5. The van der Waals surface area contributed by atoms with Gasteiger partial charge in [0.1, 0.15) is 4.53 Å². The van der Waals surface area contributed by atoms with Gasteiger partial charge in [-0.25, -0.2) is 9.79 Å². The maximum Gasteiger partial charge on any atom is 0.338 e. The number of amides is 1. The molecule has 2 aliphatic heterocycles. The van der Waals surface area contributed by atoms with E-state index in [1.54, 1.807) is 36.1 Å². The van der Waals surface area contributed by atoms with E-state index in [2.05, 4.69) is 11.6 Å². The van der Waals surface area contributed by atoms with Crippen molar-refractivity contribution in [3.05, 3.63) is 97.2 Å². The van der Waals surface area contributed by atoms with Gasteiger partial charge in [0.2, 0.25) is 0 Å². The minimum atomic E-state index is -0.858. The zero-order chi connectivity index (χ0) is 27.1. The maximum absolute atomic E-state index is 14.1. The molecule has 0 fully saturated rings. The highest BCUT2D eigenvalue weighted by atomic mass is 32.1. The number of carbonyl (C=O) groups excluding carboxylic acids is 2. The molecule has 0 saturated carbocycles. The summed E-state index contributed by atoms with van der Waals surface area (Å²) in [6.45, 7) is 5.76. The van der Waals surface area contributed by atoms with E-state index in [0.29, 0.717) is 50.9 Å². The zero-order valence-electron chi connectivity index (χ0n) is 21.3. The van der Waals surface area contributed by atoms with Crippen LogP contribution in [0.1, 0.15) is 24.1 Å². The molecule has 3 aromatic rings. The topological polar surface area (TPSA) is 99.4 Å². The molecule has 2 aliphatic rings. The molecule has 0 N–H and O–H groups in total. The molecule has 3 heterocycles. The molecule has 1 aromatic heterocycles. The van der Waals surface area contributed by atoms with Crippen molar-refractivity contribution in [3.63, 3.8) is 0 Å². The summed E-state index contributed by atoms with van der Waals surface area (Å²) in [5, 5.41) is 0. The summed E-state index contributed by atoms with van der Waals surface area (Å²) in [7, 11) is 4.32. The van der Waals surface area contributed by atoms with E-state index >= 15 is 0 Å². The molecule has 1 amide bonds. The van der Waals surface area contributed by atoms with E-state index in [0.717, 1.165) is 11.3 Å². The average molecular weight is 532 g/mol. The van der Waals surface area contributed by atoms with Gasteiger partial charge >= 0.3 is 5.97 Å². The van der Waals surface area contributed by atoms with Crippen molar-refractivity contribution in [1.82, 2.24) is 4.57 Å². The molecule has 38 heavy (non-hydrogen) atoms. The lowest BCUT2D eigenvalue weighted by molar-refractivity contribution is -0.136. The number of anilines is 1. The first-order chi connectivity index (χ1) is 18.4. The highest BCUT2D eigenvalue weighted by Crippen LogP contribution is 2.37. The molecular weight excluding hydrogens is 506 g/mol. The Kier molecular flexibility index (Phi) is 6.50. The summed E-state index contributed by atoms with van der Waals surface area (Å²) in [5.41, 5.74) is 2.48. The lowest BCUT2D eigenvalue weighted by atomic mass is 9.95. The van der Waals surface area contributed by atoms with E-state index in [1.165, 1.54) is 25.9 Å². The third-order valence-electron chi connectivity index (χ3n) is 6.59. The Bertz CT molecular complexity index is 1710. The number of benzene rings is 2. The number of esters is 1. The van der Waals surface area contributed by atoms with Crippen LogP contribution in [-0.2, 0) is 14.3 Å². The molecular formula is C28H25N3O6S. The SMILES string of the molecule is C=CCN1C(=O)C(=c2sc3n(c2=O)C(c2ccc(OC)c(OC)c2)C(C(=O)OC)=C(C)N=3)c2ccccc21. The number of rotatable bonds is 6. The van der Waals surface area contributed by atoms with Crippen molar-refractivity contribution in [2.45, 2.75) is 13.0 Å². The fourth-order valence-electron chi connectivity index (χ4n) is 4.89. The predicted octanol–water partition coefficient (Wildman–Crippen LogP) is 2.33. The average Bonchev–Trinajstić information content (AvgIpc) is 3.39. The number of hydrogen-bond donors (Lipinski definition) is 0. The molecule has 1 unspecified atom stereocenters. The van der Waals surface area contributed by atoms with Crippen LogP contribution in [0, 0.1) is 0 Å². The van der Waals surface area contributed by atoms with Crippen LogP contribution in [0.2, 0.25) is 0 Å². The zero-order valence-corrected chi connectivity index (χ0v) is 22.1. The molecule has 194 valence electrons. The molecule has 0 saturated heterocycles. The summed E-state index contributed by atoms with van der Waals surface area (Å²) in [6, 6.07) is 11.7. The summed E-state index contributed by atoms with van der Waals surface area (Å²) >= 11 is 1.12. The Labute approximate surface area is 222 Å². The first kappa shape index (κ1) is 25.2. The molecule has 9 nitrogen and oxygen atoms in total. The smallest absolute Gasteiger partial charge is 0.338 e. The molecule has 5 rings (SSSR count). The van der Waals surface area contributed by atoms with Crippen LogP contribution in [0.3, 0.4) is 0 Å². The number of methoxy groups -OCH3 is 3. The highest BCUT2D eigenvalue weighted by molar-refractivity contribution is 7.07. The Morgan fingerprint density at radius 2 is 1.84 bits per heavy atom. The van der Waals surface area contributed by atoms with Gasteiger partial charge < -0.3 is 19.1 Å². The fraction of sp³-hybridized carbons (Fsp3) is 0.214. The van der Waals surface area contributed by atoms with Crippen molar-refractivity contribution < 1.29 is 23.8 Å². The number of ether oxygens (including phenoxy) is 3. The summed E-state index contributed by atoms with van der Waals surface area (Å²) < 4.78 is 17.6. The Hall–Kier alpha value is -4.44. The molecule has 0 radical (unpaired) electrons. The van der Waals surface area contributed by atoms with Crippen LogP contribution in [0.25, 0.3) is 5.57 Å². The third-order valence-corrected chi connectivity index (χ3v) is 7.64. The number of fused-ring (bicyclic) bond motifs is 2. The standard InChI is InChI=1S/C28H25N3O6S/c1-6-13-30-18-10-8-7-9-17(18)22(25(30)32)24-26(33)31-23(16-11-12-19(35-3)20(14-16)36-4)21(27(34)37-5)15(2)29-28(31)38-24/h6-12,14,23H,1,13H2,2-5H3. The number of allylic oxidation sites excluding steroid dienone is 1. The van der Waals surface area contributed by atoms with Gasteiger partial charge in [0.15, 0.2) is 16.3 Å². The van der Waals surface area contributed by atoms with Crippen LogP contribution in [-0.4, -0.2) is 44.3 Å². The monoisotopic (exact) mass is 531 g/mol. The van der Waals surface area contributed by atoms with Gasteiger partial charge in [0.25, 0.3) is 11.5 Å². The highest BCUT2D eigenvalue weighted by Gasteiger charge is 2.37. The number of aromatic nitrogens is 1. The fourth-order valence-corrected chi connectivity index (χ4v) is 6.03. The largest absolute Gasteiger partial charge is 0.493 e. The number of hydrogen-bond acceptors (Lipinski definition) is 8. The van der Waals surface area contributed by atoms with Gasteiger partial charge in [0.05, 0.1) is 49.9 Å². The molecule has 2 aromatic carbocycles. The van der Waals surface area contributed by atoms with E-state index in [4.69, 9.17) is 14.2 Å². The molecule has 0 bridgehead atoms. The van der Waals surface area contributed by atoms with Crippen molar-refractivity contribution in [2.24, 2.45) is 4.99 Å². The quantitative estimate of drug-likeness (QED) is 0.358. The minimum Gasteiger partial charge on any atom is -0.493 e. The maximum atomic E-state index is 14.1. The number of thiazole rings is 1. The molecule has 0 spiro atoms. The van der Waals surface area contributed by atoms with E-state index in [1.807, 2.05) is 24.3 Å². The van der Waals surface area contributed by atoms with Crippen LogP contribution in [0.4, 0.5) is 5.69 Å². The van der Waals surface area contributed by atoms with Gasteiger partial charge in [-0.2, -0.15) is 0 Å². The Morgan fingerprint density at radius 1 is 1.11 bits per heavy atom. The summed E-state index contributed by atoms with van der Waals surface area (Å²) in [6.07, 6.45) is 1.64. The van der Waals surface area contributed by atoms with Gasteiger partial charge in [-0.3, -0.25) is 14.2 Å². The van der Waals surface area contributed by atoms with Crippen LogP contribution >= 0.6 is 11.3 Å². The normalized spacial score (nSPS) is 17.5. The molecule has 10 heteroatoms. The van der Waals surface area contributed by atoms with Crippen molar-refractivity contribution in [1.29, 1.82) is 0 Å². The molecule has 0 aliphatic carbocycles. The molecule has 1 atom stereocenters. The van der Waals surface area contributed by atoms with Gasteiger partial charge in [-0.05, 0) is 30.7 Å². The van der Waals surface area contributed by atoms with Gasteiger partial charge in [0, 0.05) is 12.1 Å². The summed E-state index contributed by atoms with van der Waals surface area (Å²) in [5.74, 6) is 0.0433. The van der Waals surface area contributed by atoms with E-state index in [-0.39, 0.29) is 16.0 Å². The number of carbonyl (C=O) groups is 2. The lowest BCUT2D eigenvalue weighted by Crippen LogP contribution is -2.40. The van der Waals surface area contributed by atoms with Crippen LogP contribution in [0.15, 0.2) is 76.2 Å².